The normalized spacial score (nSPS) is 13.7. The van der Waals surface area contributed by atoms with E-state index in [9.17, 15) is 14.9 Å². The van der Waals surface area contributed by atoms with Gasteiger partial charge in [0.25, 0.3) is 5.69 Å². The summed E-state index contributed by atoms with van der Waals surface area (Å²) in [5.41, 5.74) is 0.698. The van der Waals surface area contributed by atoms with Crippen LogP contribution >= 0.6 is 0 Å². The number of nitriles is 1. The predicted octanol–water partition coefficient (Wildman–Crippen LogP) is 3.68. The number of para-hydroxylation sites is 1. The van der Waals surface area contributed by atoms with Crippen molar-refractivity contribution in [1.82, 2.24) is 0 Å². The Kier molecular flexibility index (Phi) is 5.13. The first-order chi connectivity index (χ1) is 12.6. The first-order valence-electron chi connectivity index (χ1n) is 8.35. The van der Waals surface area contributed by atoms with Crippen molar-refractivity contribution >= 4 is 17.3 Å². The number of anilines is 1. The lowest BCUT2D eigenvalue weighted by molar-refractivity contribution is -0.384. The third kappa shape index (κ3) is 3.64. The molecular formula is C19H17N3O4. The van der Waals surface area contributed by atoms with E-state index >= 15 is 0 Å². The number of nitro benzene ring substituents is 1. The van der Waals surface area contributed by atoms with Gasteiger partial charge >= 0.3 is 5.97 Å². The van der Waals surface area contributed by atoms with E-state index in [1.165, 1.54) is 24.3 Å². The van der Waals surface area contributed by atoms with Gasteiger partial charge in [0, 0.05) is 19.2 Å². The zero-order valence-corrected chi connectivity index (χ0v) is 14.1. The average Bonchev–Trinajstić information content (AvgIpc) is 2.68. The van der Waals surface area contributed by atoms with Crippen molar-refractivity contribution < 1.29 is 14.5 Å². The number of carbonyl (C=O) groups is 1. The van der Waals surface area contributed by atoms with E-state index in [-0.39, 0.29) is 22.6 Å². The molecule has 0 amide bonds. The molecule has 0 aromatic heterocycles. The molecule has 2 aromatic rings. The van der Waals surface area contributed by atoms with Crippen LogP contribution in [0.3, 0.4) is 0 Å². The van der Waals surface area contributed by atoms with Crippen molar-refractivity contribution in [3.63, 3.8) is 0 Å². The summed E-state index contributed by atoms with van der Waals surface area (Å²) >= 11 is 0. The summed E-state index contributed by atoms with van der Waals surface area (Å²) < 4.78 is 5.24. The van der Waals surface area contributed by atoms with Crippen LogP contribution < -0.4 is 9.64 Å². The van der Waals surface area contributed by atoms with E-state index in [0.29, 0.717) is 5.69 Å². The molecule has 1 aliphatic heterocycles. The van der Waals surface area contributed by atoms with E-state index in [1.807, 2.05) is 11.0 Å². The highest BCUT2D eigenvalue weighted by Gasteiger charge is 2.24. The third-order valence-corrected chi connectivity index (χ3v) is 4.31. The summed E-state index contributed by atoms with van der Waals surface area (Å²) in [6.45, 7) is 1.53. The van der Waals surface area contributed by atoms with Crippen LogP contribution in [0.1, 0.15) is 35.2 Å². The van der Waals surface area contributed by atoms with Crippen LogP contribution in [-0.4, -0.2) is 24.0 Å². The maximum absolute atomic E-state index is 12.4. The van der Waals surface area contributed by atoms with Crippen LogP contribution in [0.2, 0.25) is 0 Å². The molecule has 0 unspecified atom stereocenters. The molecule has 0 spiro atoms. The topological polar surface area (TPSA) is 96.5 Å². The second kappa shape index (κ2) is 7.66. The van der Waals surface area contributed by atoms with Gasteiger partial charge in [-0.15, -0.1) is 0 Å². The average molecular weight is 351 g/mol. The second-order valence-electron chi connectivity index (χ2n) is 6.01. The molecule has 7 nitrogen and oxygen atoms in total. The molecule has 0 bridgehead atoms. The number of hydrogen-bond acceptors (Lipinski definition) is 6. The Balaban J connectivity index is 1.88. The smallest absolute Gasteiger partial charge is 0.343 e. The third-order valence-electron chi connectivity index (χ3n) is 4.31. The number of carbonyl (C=O) groups excluding carboxylic acids is 1. The molecule has 1 saturated heterocycles. The van der Waals surface area contributed by atoms with Crippen molar-refractivity contribution in [2.45, 2.75) is 19.3 Å². The van der Waals surface area contributed by atoms with Gasteiger partial charge in [0.05, 0.1) is 16.1 Å². The molecule has 1 aliphatic rings. The Morgan fingerprint density at radius 2 is 1.88 bits per heavy atom. The standard InChI is InChI=1S/C19H17N3O4/c20-13-15-6-2-3-7-18(15)26-19(23)14-8-9-16(17(12-14)22(24)25)21-10-4-1-5-11-21/h2-3,6-9,12H,1,4-5,10-11H2. The maximum atomic E-state index is 12.4. The van der Waals surface area contributed by atoms with Gasteiger partial charge in [-0.3, -0.25) is 10.1 Å². The SMILES string of the molecule is N#Cc1ccccc1OC(=O)c1ccc(N2CCCCC2)c([N+](=O)[O-])c1. The fourth-order valence-corrected chi connectivity index (χ4v) is 3.01. The van der Waals surface area contributed by atoms with Gasteiger partial charge in [-0.25, -0.2) is 4.79 Å². The van der Waals surface area contributed by atoms with E-state index in [4.69, 9.17) is 10.00 Å². The van der Waals surface area contributed by atoms with E-state index < -0.39 is 10.9 Å². The number of esters is 1. The van der Waals surface area contributed by atoms with Crippen LogP contribution in [0.15, 0.2) is 42.5 Å². The lowest BCUT2D eigenvalue weighted by atomic mass is 10.1. The Labute approximate surface area is 150 Å². The minimum atomic E-state index is -0.735. The first kappa shape index (κ1) is 17.4. The molecule has 0 atom stereocenters. The van der Waals surface area contributed by atoms with Crippen molar-refractivity contribution in [2.75, 3.05) is 18.0 Å². The number of nitrogens with zero attached hydrogens (tertiary/aromatic N) is 3. The molecule has 0 N–H and O–H groups in total. The lowest BCUT2D eigenvalue weighted by Crippen LogP contribution is -2.30. The van der Waals surface area contributed by atoms with E-state index in [1.54, 1.807) is 18.2 Å². The van der Waals surface area contributed by atoms with Gasteiger partial charge in [-0.1, -0.05) is 12.1 Å². The van der Waals surface area contributed by atoms with Gasteiger partial charge in [0.2, 0.25) is 0 Å². The zero-order valence-electron chi connectivity index (χ0n) is 14.1. The molecule has 132 valence electrons. The highest BCUT2D eigenvalue weighted by molar-refractivity contribution is 5.93. The summed E-state index contributed by atoms with van der Waals surface area (Å²) in [6.07, 6.45) is 3.10. The summed E-state index contributed by atoms with van der Waals surface area (Å²) in [5, 5.41) is 20.5. The molecule has 0 aliphatic carbocycles. The van der Waals surface area contributed by atoms with Crippen LogP contribution in [0.4, 0.5) is 11.4 Å². The predicted molar refractivity (Wildman–Crippen MR) is 95.3 cm³/mol. The van der Waals surface area contributed by atoms with Gasteiger partial charge in [-0.2, -0.15) is 5.26 Å². The minimum Gasteiger partial charge on any atom is -0.422 e. The van der Waals surface area contributed by atoms with Crippen molar-refractivity contribution in [1.29, 1.82) is 5.26 Å². The molecule has 0 saturated carbocycles. The largest absolute Gasteiger partial charge is 0.422 e. The molecule has 26 heavy (non-hydrogen) atoms. The van der Waals surface area contributed by atoms with Crippen molar-refractivity contribution in [2.24, 2.45) is 0 Å². The summed E-state index contributed by atoms with van der Waals surface area (Å²) in [7, 11) is 0. The Hall–Kier alpha value is -3.40. The van der Waals surface area contributed by atoms with Gasteiger partial charge in [0.15, 0.2) is 0 Å². The number of rotatable bonds is 4. The van der Waals surface area contributed by atoms with Gasteiger partial charge in [-0.05, 0) is 43.5 Å². The van der Waals surface area contributed by atoms with E-state index in [0.717, 1.165) is 32.4 Å². The van der Waals surface area contributed by atoms with Crippen LogP contribution in [0.25, 0.3) is 0 Å². The Morgan fingerprint density at radius 1 is 1.15 bits per heavy atom. The Bertz CT molecular complexity index is 883. The zero-order chi connectivity index (χ0) is 18.5. The monoisotopic (exact) mass is 351 g/mol. The van der Waals surface area contributed by atoms with Gasteiger partial charge in [0.1, 0.15) is 17.5 Å². The molecule has 1 heterocycles. The van der Waals surface area contributed by atoms with Crippen LogP contribution in [0.5, 0.6) is 5.75 Å². The summed E-state index contributed by atoms with van der Waals surface area (Å²) in [5.74, 6) is -0.608. The first-order valence-corrected chi connectivity index (χ1v) is 8.35. The van der Waals surface area contributed by atoms with Crippen molar-refractivity contribution in [3.05, 3.63) is 63.7 Å². The number of hydrogen-bond donors (Lipinski definition) is 0. The Morgan fingerprint density at radius 3 is 2.58 bits per heavy atom. The maximum Gasteiger partial charge on any atom is 0.343 e. The number of nitro groups is 1. The highest BCUT2D eigenvalue weighted by atomic mass is 16.6. The fraction of sp³-hybridized carbons (Fsp3) is 0.263. The molecule has 7 heteroatoms. The molecule has 0 radical (unpaired) electrons. The molecule has 1 fully saturated rings. The number of benzene rings is 2. The van der Waals surface area contributed by atoms with E-state index in [2.05, 4.69) is 0 Å². The van der Waals surface area contributed by atoms with Crippen LogP contribution in [-0.2, 0) is 0 Å². The quantitative estimate of drug-likeness (QED) is 0.361. The fourth-order valence-electron chi connectivity index (χ4n) is 3.01. The van der Waals surface area contributed by atoms with Crippen LogP contribution in [0, 0.1) is 21.4 Å². The van der Waals surface area contributed by atoms with Crippen molar-refractivity contribution in [3.8, 4) is 11.8 Å². The summed E-state index contributed by atoms with van der Waals surface area (Å²) in [4.78, 5) is 25.4. The van der Waals surface area contributed by atoms with Gasteiger partial charge < -0.3 is 9.64 Å². The molecule has 3 rings (SSSR count). The molecular weight excluding hydrogens is 334 g/mol. The summed E-state index contributed by atoms with van der Waals surface area (Å²) in [6, 6.07) is 12.6. The highest BCUT2D eigenvalue weighted by Crippen LogP contribution is 2.31. The minimum absolute atomic E-state index is 0.0743. The second-order valence-corrected chi connectivity index (χ2v) is 6.01. The molecule has 2 aromatic carbocycles. The lowest BCUT2D eigenvalue weighted by Gasteiger charge is -2.28. The number of piperidine rings is 1. The number of ether oxygens (including phenoxy) is 1.